The number of amides is 2. The summed E-state index contributed by atoms with van der Waals surface area (Å²) in [5.74, 6) is 0.126. The van der Waals surface area contributed by atoms with Crippen LogP contribution in [0.1, 0.15) is 77.0 Å². The monoisotopic (exact) mass is 523 g/mol. The standard InChI is InChI=1S/C30H45N5O3/c1-7-35-27(10-13-31-35)23-8-9-25(26(16-23)22-11-14-33(6)15-12-22)21(5)32-29(37)28-17-24(36)18-34(28)30(38)20(4)19(2)3/h8-10,13,16,19-22,24,28,36H,7,11-12,14-15,17-18H2,1-6H3,(H,32,37). The van der Waals surface area contributed by atoms with Gasteiger partial charge in [-0.25, -0.2) is 0 Å². The van der Waals surface area contributed by atoms with Gasteiger partial charge < -0.3 is 20.2 Å². The summed E-state index contributed by atoms with van der Waals surface area (Å²) in [7, 11) is 2.17. The molecule has 2 fully saturated rings. The van der Waals surface area contributed by atoms with E-state index in [4.69, 9.17) is 0 Å². The molecule has 2 aliphatic rings. The van der Waals surface area contributed by atoms with Crippen LogP contribution in [0.2, 0.25) is 0 Å². The Hall–Kier alpha value is -2.71. The van der Waals surface area contributed by atoms with Crippen molar-refractivity contribution in [3.8, 4) is 11.3 Å². The number of β-amino-alcohol motifs (C(OH)–C–C–N with tert-alkyl or cyclic N) is 1. The van der Waals surface area contributed by atoms with Crippen molar-refractivity contribution in [3.63, 3.8) is 0 Å². The number of hydrogen-bond acceptors (Lipinski definition) is 5. The molecule has 3 heterocycles. The molecule has 4 unspecified atom stereocenters. The first-order chi connectivity index (χ1) is 18.1. The number of carbonyl (C=O) groups excluding carboxylic acids is 2. The minimum atomic E-state index is -0.679. The molecular formula is C30H45N5O3. The number of benzene rings is 1. The molecule has 208 valence electrons. The summed E-state index contributed by atoms with van der Waals surface area (Å²) in [4.78, 5) is 30.6. The van der Waals surface area contributed by atoms with Gasteiger partial charge in [0.1, 0.15) is 6.04 Å². The van der Waals surface area contributed by atoms with E-state index < -0.39 is 12.1 Å². The largest absolute Gasteiger partial charge is 0.391 e. The first kappa shape index (κ1) is 28.3. The summed E-state index contributed by atoms with van der Waals surface area (Å²) in [6.45, 7) is 13.1. The van der Waals surface area contributed by atoms with Gasteiger partial charge in [-0.3, -0.25) is 14.3 Å². The Labute approximate surface area is 227 Å². The van der Waals surface area contributed by atoms with E-state index >= 15 is 0 Å². The zero-order valence-corrected chi connectivity index (χ0v) is 23.9. The molecule has 1 aromatic heterocycles. The van der Waals surface area contributed by atoms with Crippen LogP contribution in [0.3, 0.4) is 0 Å². The quantitative estimate of drug-likeness (QED) is 0.549. The number of rotatable bonds is 8. The number of aryl methyl sites for hydroxylation is 1. The third-order valence-electron chi connectivity index (χ3n) is 8.64. The van der Waals surface area contributed by atoms with E-state index in [0.717, 1.165) is 49.3 Å². The topological polar surface area (TPSA) is 90.7 Å². The number of aliphatic hydroxyl groups excluding tert-OH is 1. The molecule has 38 heavy (non-hydrogen) atoms. The van der Waals surface area contributed by atoms with Gasteiger partial charge in [0.25, 0.3) is 0 Å². The third kappa shape index (κ3) is 5.96. The number of hydrogen-bond donors (Lipinski definition) is 2. The maximum atomic E-state index is 13.5. The molecule has 8 nitrogen and oxygen atoms in total. The lowest BCUT2D eigenvalue weighted by atomic mass is 9.83. The summed E-state index contributed by atoms with van der Waals surface area (Å²) in [6, 6.07) is 7.74. The van der Waals surface area contributed by atoms with Crippen molar-refractivity contribution in [2.24, 2.45) is 11.8 Å². The number of nitrogens with one attached hydrogen (secondary N) is 1. The van der Waals surface area contributed by atoms with Crippen molar-refractivity contribution < 1.29 is 14.7 Å². The maximum absolute atomic E-state index is 13.5. The van der Waals surface area contributed by atoms with E-state index in [1.165, 1.54) is 5.56 Å². The van der Waals surface area contributed by atoms with E-state index in [-0.39, 0.29) is 42.7 Å². The molecule has 0 aliphatic carbocycles. The van der Waals surface area contributed by atoms with Crippen LogP contribution < -0.4 is 5.32 Å². The molecule has 2 aromatic rings. The lowest BCUT2D eigenvalue weighted by Crippen LogP contribution is -2.48. The van der Waals surface area contributed by atoms with Crippen LogP contribution in [0.15, 0.2) is 30.5 Å². The predicted molar refractivity (Wildman–Crippen MR) is 149 cm³/mol. The highest BCUT2D eigenvalue weighted by atomic mass is 16.3. The van der Waals surface area contributed by atoms with Crippen LogP contribution in [0.25, 0.3) is 11.3 Å². The average molecular weight is 524 g/mol. The molecule has 1 aromatic carbocycles. The second-order valence-corrected chi connectivity index (χ2v) is 11.6. The van der Waals surface area contributed by atoms with Gasteiger partial charge >= 0.3 is 0 Å². The summed E-state index contributed by atoms with van der Waals surface area (Å²) < 4.78 is 2.01. The maximum Gasteiger partial charge on any atom is 0.243 e. The molecule has 2 N–H and O–H groups in total. The highest BCUT2D eigenvalue weighted by Crippen LogP contribution is 2.36. The molecule has 4 rings (SSSR count). The molecule has 0 saturated carbocycles. The average Bonchev–Trinajstić information content (AvgIpc) is 3.54. The van der Waals surface area contributed by atoms with Gasteiger partial charge in [-0.2, -0.15) is 5.10 Å². The van der Waals surface area contributed by atoms with E-state index in [9.17, 15) is 14.7 Å². The summed E-state index contributed by atoms with van der Waals surface area (Å²) >= 11 is 0. The SMILES string of the molecule is CCn1nccc1-c1ccc(C(C)NC(=O)C2CC(O)CN2C(=O)C(C)C(C)C)c(C2CCN(C)CC2)c1. The van der Waals surface area contributed by atoms with Gasteiger partial charge in [-0.05, 0) is 81.9 Å². The normalized spacial score (nSPS) is 22.6. The van der Waals surface area contributed by atoms with Gasteiger partial charge in [0, 0.05) is 37.2 Å². The second kappa shape index (κ2) is 12.0. The van der Waals surface area contributed by atoms with Crippen molar-refractivity contribution in [2.45, 2.75) is 84.5 Å². The van der Waals surface area contributed by atoms with Gasteiger partial charge in [0.2, 0.25) is 11.8 Å². The van der Waals surface area contributed by atoms with Crippen molar-refractivity contribution in [2.75, 3.05) is 26.7 Å². The van der Waals surface area contributed by atoms with Crippen LogP contribution >= 0.6 is 0 Å². The predicted octanol–water partition coefficient (Wildman–Crippen LogP) is 3.81. The van der Waals surface area contributed by atoms with Gasteiger partial charge in [0.05, 0.1) is 17.8 Å². The highest BCUT2D eigenvalue weighted by molar-refractivity contribution is 5.89. The zero-order valence-electron chi connectivity index (χ0n) is 23.9. The van der Waals surface area contributed by atoms with Crippen LogP contribution in [0.5, 0.6) is 0 Å². The first-order valence-electron chi connectivity index (χ1n) is 14.2. The summed E-state index contributed by atoms with van der Waals surface area (Å²) in [5.41, 5.74) is 4.63. The van der Waals surface area contributed by atoms with Crippen LogP contribution in [-0.2, 0) is 16.1 Å². The Morgan fingerprint density at radius 2 is 1.84 bits per heavy atom. The Bertz CT molecular complexity index is 1120. The molecule has 2 amide bonds. The number of piperidine rings is 1. The Kier molecular flexibility index (Phi) is 8.93. The Morgan fingerprint density at radius 3 is 2.50 bits per heavy atom. The molecule has 2 aliphatic heterocycles. The lowest BCUT2D eigenvalue weighted by molar-refractivity contribution is -0.142. The number of nitrogens with zero attached hydrogens (tertiary/aromatic N) is 4. The number of aromatic nitrogens is 2. The van der Waals surface area contributed by atoms with Crippen molar-refractivity contribution in [1.82, 2.24) is 24.9 Å². The minimum absolute atomic E-state index is 0.0618. The van der Waals surface area contributed by atoms with Crippen molar-refractivity contribution in [1.29, 1.82) is 0 Å². The van der Waals surface area contributed by atoms with E-state index in [1.807, 2.05) is 38.6 Å². The number of aliphatic hydroxyl groups is 1. The van der Waals surface area contributed by atoms with E-state index in [0.29, 0.717) is 5.92 Å². The Morgan fingerprint density at radius 1 is 1.13 bits per heavy atom. The third-order valence-corrected chi connectivity index (χ3v) is 8.64. The van der Waals surface area contributed by atoms with Gasteiger partial charge in [-0.1, -0.05) is 32.9 Å². The molecule has 0 radical (unpaired) electrons. The highest BCUT2D eigenvalue weighted by Gasteiger charge is 2.41. The summed E-state index contributed by atoms with van der Waals surface area (Å²) in [6.07, 6.45) is 3.59. The molecule has 2 saturated heterocycles. The molecular weight excluding hydrogens is 478 g/mol. The molecule has 8 heteroatoms. The van der Waals surface area contributed by atoms with Crippen LogP contribution in [-0.4, -0.2) is 75.3 Å². The van der Waals surface area contributed by atoms with Gasteiger partial charge in [0.15, 0.2) is 0 Å². The van der Waals surface area contributed by atoms with Crippen molar-refractivity contribution >= 4 is 11.8 Å². The fraction of sp³-hybridized carbons (Fsp3) is 0.633. The van der Waals surface area contributed by atoms with Crippen molar-refractivity contribution in [3.05, 3.63) is 41.6 Å². The second-order valence-electron chi connectivity index (χ2n) is 11.6. The molecule has 4 atom stereocenters. The molecule has 0 bridgehead atoms. The fourth-order valence-corrected chi connectivity index (χ4v) is 5.87. The summed E-state index contributed by atoms with van der Waals surface area (Å²) in [5, 5.41) is 18.0. The van der Waals surface area contributed by atoms with E-state index in [2.05, 4.69) is 53.6 Å². The first-order valence-corrected chi connectivity index (χ1v) is 14.2. The number of carbonyl (C=O) groups is 2. The Balaban J connectivity index is 1.59. The zero-order chi connectivity index (χ0) is 27.6. The van der Waals surface area contributed by atoms with Crippen LogP contribution in [0, 0.1) is 11.8 Å². The van der Waals surface area contributed by atoms with Crippen LogP contribution in [0.4, 0.5) is 0 Å². The van der Waals surface area contributed by atoms with E-state index in [1.54, 1.807) is 4.90 Å². The smallest absolute Gasteiger partial charge is 0.243 e. The fourth-order valence-electron chi connectivity index (χ4n) is 5.87. The minimum Gasteiger partial charge on any atom is -0.391 e. The molecule has 0 spiro atoms. The van der Waals surface area contributed by atoms with Gasteiger partial charge in [-0.15, -0.1) is 0 Å². The number of likely N-dealkylation sites (tertiary alicyclic amines) is 2. The lowest BCUT2D eigenvalue weighted by Gasteiger charge is -2.32.